The maximum absolute atomic E-state index is 12.1. The smallest absolute Gasteiger partial charge is 0.255 e. The molecule has 1 aliphatic heterocycles. The van der Waals surface area contributed by atoms with Crippen molar-refractivity contribution < 1.29 is 14.6 Å². The molecule has 1 N–H and O–H groups in total. The van der Waals surface area contributed by atoms with E-state index in [1.165, 1.54) is 4.90 Å². The van der Waals surface area contributed by atoms with Crippen LogP contribution in [0.25, 0.3) is 0 Å². The molecule has 1 heterocycles. The average Bonchev–Trinajstić information content (AvgIpc) is 2.38. The molecular formula is C13H17NO3. The monoisotopic (exact) mass is 235 g/mol. The molecule has 1 amide bonds. The molecule has 1 saturated heterocycles. The van der Waals surface area contributed by atoms with Gasteiger partial charge < -0.3 is 14.7 Å². The van der Waals surface area contributed by atoms with Crippen LogP contribution in [0.4, 0.5) is 5.69 Å². The van der Waals surface area contributed by atoms with Crippen molar-refractivity contribution in [2.45, 2.75) is 25.4 Å². The van der Waals surface area contributed by atoms with Gasteiger partial charge in [0, 0.05) is 25.4 Å². The molecule has 0 radical (unpaired) electrons. The lowest BCUT2D eigenvalue weighted by molar-refractivity contribution is -0.132. The molecule has 92 valence electrons. The molecule has 4 nitrogen and oxygen atoms in total. The number of hydrogen-bond acceptors (Lipinski definition) is 3. The van der Waals surface area contributed by atoms with Crippen LogP contribution in [-0.2, 0) is 9.53 Å². The van der Waals surface area contributed by atoms with Crippen molar-refractivity contribution in [3.8, 4) is 5.75 Å². The molecule has 4 heteroatoms. The van der Waals surface area contributed by atoms with Crippen LogP contribution < -0.4 is 4.90 Å². The highest BCUT2D eigenvalue weighted by Gasteiger charge is 2.25. The Balaban J connectivity index is 2.08. The van der Waals surface area contributed by atoms with E-state index in [-0.39, 0.29) is 17.8 Å². The number of carbonyl (C=O) groups is 1. The molecule has 1 atom stereocenters. The van der Waals surface area contributed by atoms with Crippen LogP contribution in [0, 0.1) is 0 Å². The van der Waals surface area contributed by atoms with Gasteiger partial charge >= 0.3 is 0 Å². The molecule has 1 unspecified atom stereocenters. The van der Waals surface area contributed by atoms with Crippen molar-refractivity contribution in [2.24, 2.45) is 0 Å². The summed E-state index contributed by atoms with van der Waals surface area (Å²) in [6, 6.07) is 6.66. The van der Waals surface area contributed by atoms with E-state index in [4.69, 9.17) is 4.74 Å². The number of benzene rings is 1. The molecule has 1 aromatic carbocycles. The van der Waals surface area contributed by atoms with E-state index < -0.39 is 0 Å². The topological polar surface area (TPSA) is 49.8 Å². The van der Waals surface area contributed by atoms with Crippen LogP contribution in [0.1, 0.15) is 19.3 Å². The minimum absolute atomic E-state index is 0.0460. The first-order valence-corrected chi connectivity index (χ1v) is 5.86. The summed E-state index contributed by atoms with van der Waals surface area (Å²) in [4.78, 5) is 13.7. The van der Waals surface area contributed by atoms with Crippen LogP contribution in [-0.4, -0.2) is 30.8 Å². The van der Waals surface area contributed by atoms with E-state index in [1.807, 2.05) is 0 Å². The number of hydrogen-bond donors (Lipinski definition) is 1. The lowest BCUT2D eigenvalue weighted by Crippen LogP contribution is -2.39. The highest BCUT2D eigenvalue weighted by Crippen LogP contribution is 2.22. The van der Waals surface area contributed by atoms with Gasteiger partial charge in [-0.2, -0.15) is 0 Å². The van der Waals surface area contributed by atoms with Crippen molar-refractivity contribution >= 4 is 11.6 Å². The van der Waals surface area contributed by atoms with Gasteiger partial charge in [0.15, 0.2) is 0 Å². The summed E-state index contributed by atoms with van der Waals surface area (Å²) in [6.45, 7) is 0.657. The van der Waals surface area contributed by atoms with Gasteiger partial charge in [-0.1, -0.05) is 6.07 Å². The zero-order valence-corrected chi connectivity index (χ0v) is 9.93. The fourth-order valence-corrected chi connectivity index (χ4v) is 1.98. The second-order valence-corrected chi connectivity index (χ2v) is 4.27. The van der Waals surface area contributed by atoms with Crippen molar-refractivity contribution in [1.29, 1.82) is 0 Å². The number of phenolic OH excluding ortho intramolecular Hbond substituents is 1. The Morgan fingerprint density at radius 2 is 2.29 bits per heavy atom. The standard InChI is InChI=1S/C13H17NO3/c1-14(10-5-4-6-11(15)9-10)13(16)12-7-2-3-8-17-12/h4-6,9,12,15H,2-3,7-8H2,1H3. The summed E-state index contributed by atoms with van der Waals surface area (Å²) in [5, 5.41) is 9.38. The zero-order chi connectivity index (χ0) is 12.3. The number of likely N-dealkylation sites (N-methyl/N-ethyl adjacent to an activating group) is 1. The average molecular weight is 235 g/mol. The Bertz CT molecular complexity index is 399. The Morgan fingerprint density at radius 1 is 1.47 bits per heavy atom. The van der Waals surface area contributed by atoms with Crippen LogP contribution in [0.3, 0.4) is 0 Å². The first-order chi connectivity index (χ1) is 8.18. The summed E-state index contributed by atoms with van der Waals surface area (Å²) < 4.78 is 5.46. The summed E-state index contributed by atoms with van der Waals surface area (Å²) in [5.41, 5.74) is 0.684. The molecular weight excluding hydrogens is 218 g/mol. The van der Waals surface area contributed by atoms with Crippen LogP contribution in [0.2, 0.25) is 0 Å². The van der Waals surface area contributed by atoms with Gasteiger partial charge in [0.1, 0.15) is 11.9 Å². The number of carbonyl (C=O) groups excluding carboxylic acids is 1. The molecule has 0 bridgehead atoms. The second kappa shape index (κ2) is 5.19. The Morgan fingerprint density at radius 3 is 2.94 bits per heavy atom. The summed E-state index contributed by atoms with van der Waals surface area (Å²) in [7, 11) is 1.70. The number of nitrogens with zero attached hydrogens (tertiary/aromatic N) is 1. The van der Waals surface area contributed by atoms with Gasteiger partial charge in [-0.3, -0.25) is 4.79 Å². The number of amides is 1. The lowest BCUT2D eigenvalue weighted by atomic mass is 10.1. The Labute approximate surface area is 101 Å². The quantitative estimate of drug-likeness (QED) is 0.852. The second-order valence-electron chi connectivity index (χ2n) is 4.27. The molecule has 0 saturated carbocycles. The molecule has 0 aromatic heterocycles. The van der Waals surface area contributed by atoms with E-state index in [0.717, 1.165) is 19.3 Å². The lowest BCUT2D eigenvalue weighted by Gasteiger charge is -2.26. The predicted octanol–water partition coefficient (Wildman–Crippen LogP) is 1.92. The van der Waals surface area contributed by atoms with E-state index in [9.17, 15) is 9.90 Å². The minimum atomic E-state index is -0.337. The van der Waals surface area contributed by atoms with Gasteiger partial charge in [0.2, 0.25) is 0 Å². The highest BCUT2D eigenvalue weighted by molar-refractivity contribution is 5.96. The first kappa shape index (κ1) is 11.9. The minimum Gasteiger partial charge on any atom is -0.508 e. The number of aromatic hydroxyl groups is 1. The van der Waals surface area contributed by atoms with Gasteiger partial charge in [0.25, 0.3) is 5.91 Å². The molecule has 2 rings (SSSR count). The van der Waals surface area contributed by atoms with Crippen LogP contribution >= 0.6 is 0 Å². The van der Waals surface area contributed by atoms with Crippen LogP contribution in [0.15, 0.2) is 24.3 Å². The number of rotatable bonds is 2. The Kier molecular flexibility index (Phi) is 3.64. The highest BCUT2D eigenvalue weighted by atomic mass is 16.5. The third-order valence-electron chi connectivity index (χ3n) is 3.00. The van der Waals surface area contributed by atoms with E-state index in [1.54, 1.807) is 31.3 Å². The van der Waals surface area contributed by atoms with Crippen molar-refractivity contribution in [3.63, 3.8) is 0 Å². The maximum atomic E-state index is 12.1. The Hall–Kier alpha value is -1.55. The van der Waals surface area contributed by atoms with Crippen molar-refractivity contribution in [2.75, 3.05) is 18.6 Å². The number of ether oxygens (including phenoxy) is 1. The summed E-state index contributed by atoms with van der Waals surface area (Å²) in [6.07, 6.45) is 2.50. The first-order valence-electron chi connectivity index (χ1n) is 5.86. The molecule has 1 aliphatic rings. The normalized spacial score (nSPS) is 19.9. The van der Waals surface area contributed by atoms with Gasteiger partial charge in [0.05, 0.1) is 0 Å². The van der Waals surface area contributed by atoms with E-state index in [0.29, 0.717) is 12.3 Å². The van der Waals surface area contributed by atoms with E-state index in [2.05, 4.69) is 0 Å². The van der Waals surface area contributed by atoms with Crippen molar-refractivity contribution in [1.82, 2.24) is 0 Å². The van der Waals surface area contributed by atoms with Gasteiger partial charge in [-0.25, -0.2) is 0 Å². The maximum Gasteiger partial charge on any atom is 0.255 e. The predicted molar refractivity (Wildman–Crippen MR) is 65.1 cm³/mol. The van der Waals surface area contributed by atoms with Gasteiger partial charge in [-0.05, 0) is 31.4 Å². The number of phenols is 1. The molecule has 0 aliphatic carbocycles. The molecule has 1 aromatic rings. The summed E-state index contributed by atoms with van der Waals surface area (Å²) >= 11 is 0. The SMILES string of the molecule is CN(C(=O)C1CCCCO1)c1cccc(O)c1. The van der Waals surface area contributed by atoms with E-state index >= 15 is 0 Å². The molecule has 0 spiro atoms. The third-order valence-corrected chi connectivity index (χ3v) is 3.00. The molecule has 17 heavy (non-hydrogen) atoms. The molecule has 1 fully saturated rings. The van der Waals surface area contributed by atoms with Crippen molar-refractivity contribution in [3.05, 3.63) is 24.3 Å². The van der Waals surface area contributed by atoms with Crippen LogP contribution in [0.5, 0.6) is 5.75 Å². The number of anilines is 1. The zero-order valence-electron chi connectivity index (χ0n) is 9.93. The third kappa shape index (κ3) is 2.77. The fourth-order valence-electron chi connectivity index (χ4n) is 1.98. The van der Waals surface area contributed by atoms with Gasteiger partial charge in [-0.15, -0.1) is 0 Å². The fraction of sp³-hybridized carbons (Fsp3) is 0.462. The summed E-state index contributed by atoms with van der Waals surface area (Å²) in [5.74, 6) is 0.113. The largest absolute Gasteiger partial charge is 0.508 e.